The van der Waals surface area contributed by atoms with Gasteiger partial charge in [-0.1, -0.05) is 18.2 Å². The Morgan fingerprint density at radius 3 is 2.75 bits per heavy atom. The van der Waals surface area contributed by atoms with Gasteiger partial charge in [0.2, 0.25) is 0 Å². The van der Waals surface area contributed by atoms with Crippen molar-refractivity contribution in [2.24, 2.45) is 0 Å². The van der Waals surface area contributed by atoms with E-state index in [1.165, 1.54) is 4.90 Å². The second-order valence-corrected chi connectivity index (χ2v) is 6.49. The molecule has 2 atom stereocenters. The molecular formula is C15H22N3OS+. The minimum Gasteiger partial charge on any atom is -0.334 e. The molecule has 1 aliphatic heterocycles. The molecule has 108 valence electrons. The predicted molar refractivity (Wildman–Crippen MR) is 82.4 cm³/mol. The smallest absolute Gasteiger partial charge is 0.251 e. The Balaban J connectivity index is 1.77. The number of carbonyl (C=O) groups excluding carboxylic acids is 1. The van der Waals surface area contributed by atoms with Crippen LogP contribution in [-0.4, -0.2) is 31.3 Å². The van der Waals surface area contributed by atoms with Crippen LogP contribution in [0.4, 0.5) is 0 Å². The average molecular weight is 292 g/mol. The van der Waals surface area contributed by atoms with Crippen LogP contribution in [0.1, 0.15) is 13.3 Å². The maximum atomic E-state index is 12.0. The molecule has 2 rings (SSSR count). The predicted octanol–water partition coefficient (Wildman–Crippen LogP) is 0.590. The lowest BCUT2D eigenvalue weighted by molar-refractivity contribution is -0.875. The average Bonchev–Trinajstić information content (AvgIpc) is 2.47. The first-order valence-electron chi connectivity index (χ1n) is 6.93. The van der Waals surface area contributed by atoms with Crippen LogP contribution in [0.15, 0.2) is 47.0 Å². The monoisotopic (exact) mass is 292 g/mol. The zero-order valence-electron chi connectivity index (χ0n) is 12.0. The number of carbonyl (C=O) groups is 1. The Labute approximate surface area is 124 Å². The molecule has 2 unspecified atom stereocenters. The molecule has 0 saturated heterocycles. The number of thioether (sulfide) groups is 1. The molecule has 1 aromatic rings. The molecule has 1 heterocycles. The van der Waals surface area contributed by atoms with Crippen LogP contribution < -0.4 is 15.8 Å². The lowest BCUT2D eigenvalue weighted by Crippen LogP contribution is -3.09. The highest BCUT2D eigenvalue weighted by molar-refractivity contribution is 8.00. The maximum Gasteiger partial charge on any atom is 0.251 e. The molecule has 0 spiro atoms. The molecule has 5 heteroatoms. The van der Waals surface area contributed by atoms with Gasteiger partial charge in [0.15, 0.2) is 0 Å². The van der Waals surface area contributed by atoms with Crippen molar-refractivity contribution in [3.63, 3.8) is 0 Å². The number of quaternary nitrogens is 1. The normalized spacial score (nSPS) is 19.9. The number of hydrogen-bond donors (Lipinski definition) is 3. The SMILES string of the molecule is CC(Sc1ccccc1)C(=O)NNC1=CC[NH+](C)CC1. The summed E-state index contributed by atoms with van der Waals surface area (Å²) in [6, 6.07) is 9.98. The Kier molecular flexibility index (Phi) is 5.49. The summed E-state index contributed by atoms with van der Waals surface area (Å²) in [4.78, 5) is 14.6. The van der Waals surface area contributed by atoms with Gasteiger partial charge in [0.1, 0.15) is 0 Å². The second-order valence-electron chi connectivity index (χ2n) is 5.08. The van der Waals surface area contributed by atoms with Gasteiger partial charge in [-0.15, -0.1) is 11.8 Å². The van der Waals surface area contributed by atoms with Gasteiger partial charge in [-0.3, -0.25) is 10.2 Å². The second kappa shape index (κ2) is 7.36. The van der Waals surface area contributed by atoms with Gasteiger partial charge in [-0.2, -0.15) is 0 Å². The minimum absolute atomic E-state index is 0.00558. The molecule has 1 aliphatic rings. The van der Waals surface area contributed by atoms with Crippen molar-refractivity contribution < 1.29 is 9.69 Å². The molecular weight excluding hydrogens is 270 g/mol. The summed E-state index contributed by atoms with van der Waals surface area (Å²) in [7, 11) is 2.17. The van der Waals surface area contributed by atoms with Crippen LogP contribution in [-0.2, 0) is 4.79 Å². The molecule has 0 saturated carbocycles. The summed E-state index contributed by atoms with van der Waals surface area (Å²) < 4.78 is 0. The van der Waals surface area contributed by atoms with Crippen LogP contribution in [0.5, 0.6) is 0 Å². The Hall–Kier alpha value is -1.46. The van der Waals surface area contributed by atoms with Gasteiger partial charge < -0.3 is 10.3 Å². The number of amides is 1. The first-order chi connectivity index (χ1) is 9.65. The van der Waals surface area contributed by atoms with Crippen molar-refractivity contribution in [3.8, 4) is 0 Å². The third-order valence-electron chi connectivity index (χ3n) is 3.29. The fraction of sp³-hybridized carbons (Fsp3) is 0.400. The molecule has 1 amide bonds. The van der Waals surface area contributed by atoms with Crippen LogP contribution >= 0.6 is 11.8 Å². The summed E-state index contributed by atoms with van der Waals surface area (Å²) in [5.41, 5.74) is 6.96. The van der Waals surface area contributed by atoms with Crippen molar-refractivity contribution in [3.05, 3.63) is 42.1 Å². The van der Waals surface area contributed by atoms with Gasteiger partial charge in [-0.25, -0.2) is 0 Å². The number of hydrazine groups is 1. The molecule has 0 bridgehead atoms. The third kappa shape index (κ3) is 4.58. The topological polar surface area (TPSA) is 45.6 Å². The van der Waals surface area contributed by atoms with E-state index in [4.69, 9.17) is 0 Å². The van der Waals surface area contributed by atoms with E-state index >= 15 is 0 Å². The van der Waals surface area contributed by atoms with Gasteiger partial charge in [-0.05, 0) is 25.1 Å². The van der Waals surface area contributed by atoms with E-state index in [0.717, 1.165) is 30.1 Å². The van der Waals surface area contributed by atoms with Crippen LogP contribution in [0.3, 0.4) is 0 Å². The standard InChI is InChI=1S/C15H21N3OS/c1-12(20-14-6-4-3-5-7-14)15(19)17-16-13-8-10-18(2)11-9-13/h3-8,12,16H,9-11H2,1-2H3,(H,17,19)/p+1. The van der Waals surface area contributed by atoms with E-state index in [1.54, 1.807) is 11.8 Å². The first-order valence-corrected chi connectivity index (χ1v) is 7.81. The molecule has 0 radical (unpaired) electrons. The quantitative estimate of drug-likeness (QED) is 0.550. The molecule has 4 nitrogen and oxygen atoms in total. The minimum atomic E-state index is -0.123. The highest BCUT2D eigenvalue weighted by Gasteiger charge is 2.15. The summed E-state index contributed by atoms with van der Waals surface area (Å²) in [6.45, 7) is 4.03. The fourth-order valence-electron chi connectivity index (χ4n) is 1.96. The van der Waals surface area contributed by atoms with Crippen LogP contribution in [0, 0.1) is 0 Å². The van der Waals surface area contributed by atoms with Gasteiger partial charge in [0.05, 0.1) is 25.4 Å². The Morgan fingerprint density at radius 1 is 1.35 bits per heavy atom. The molecule has 0 aliphatic carbocycles. The van der Waals surface area contributed by atoms with Crippen LogP contribution in [0.25, 0.3) is 0 Å². The number of benzene rings is 1. The summed E-state index contributed by atoms with van der Waals surface area (Å²) in [6.07, 6.45) is 3.13. The third-order valence-corrected chi connectivity index (χ3v) is 4.40. The fourth-order valence-corrected chi connectivity index (χ4v) is 2.85. The largest absolute Gasteiger partial charge is 0.334 e. The van der Waals surface area contributed by atoms with E-state index < -0.39 is 0 Å². The summed E-state index contributed by atoms with van der Waals surface area (Å²) in [5, 5.41) is -0.123. The number of likely N-dealkylation sites (N-methyl/N-ethyl adjacent to an activating group) is 1. The summed E-state index contributed by atoms with van der Waals surface area (Å²) in [5.74, 6) is 0.00558. The highest BCUT2D eigenvalue weighted by Crippen LogP contribution is 2.22. The van der Waals surface area contributed by atoms with Gasteiger partial charge in [0, 0.05) is 17.0 Å². The van der Waals surface area contributed by atoms with Crippen molar-refractivity contribution in [1.82, 2.24) is 10.9 Å². The Bertz CT molecular complexity index is 475. The molecule has 0 fully saturated rings. The molecule has 20 heavy (non-hydrogen) atoms. The zero-order chi connectivity index (χ0) is 14.4. The first kappa shape index (κ1) is 14.9. The zero-order valence-corrected chi connectivity index (χ0v) is 12.8. The van der Waals surface area contributed by atoms with E-state index in [1.807, 2.05) is 37.3 Å². The number of nitrogens with one attached hydrogen (secondary N) is 3. The number of hydrogen-bond acceptors (Lipinski definition) is 3. The van der Waals surface area contributed by atoms with Crippen LogP contribution in [0.2, 0.25) is 0 Å². The van der Waals surface area contributed by atoms with Crippen molar-refractivity contribution >= 4 is 17.7 Å². The highest BCUT2D eigenvalue weighted by atomic mass is 32.2. The number of rotatable bonds is 5. The van der Waals surface area contributed by atoms with Gasteiger partial charge in [0.25, 0.3) is 5.91 Å². The molecule has 3 N–H and O–H groups in total. The van der Waals surface area contributed by atoms with Crippen molar-refractivity contribution in [2.75, 3.05) is 20.1 Å². The van der Waals surface area contributed by atoms with E-state index in [9.17, 15) is 4.79 Å². The van der Waals surface area contributed by atoms with E-state index in [0.29, 0.717) is 0 Å². The van der Waals surface area contributed by atoms with Gasteiger partial charge >= 0.3 is 0 Å². The maximum absolute atomic E-state index is 12.0. The summed E-state index contributed by atoms with van der Waals surface area (Å²) >= 11 is 1.56. The van der Waals surface area contributed by atoms with E-state index in [-0.39, 0.29) is 11.2 Å². The lowest BCUT2D eigenvalue weighted by Gasteiger charge is -2.21. The lowest BCUT2D eigenvalue weighted by atomic mass is 10.2. The molecule has 1 aromatic carbocycles. The van der Waals surface area contributed by atoms with Crippen molar-refractivity contribution in [1.29, 1.82) is 0 Å². The van der Waals surface area contributed by atoms with Crippen molar-refractivity contribution in [2.45, 2.75) is 23.5 Å². The van der Waals surface area contributed by atoms with E-state index in [2.05, 4.69) is 24.0 Å². The Morgan fingerprint density at radius 2 is 2.10 bits per heavy atom. The molecule has 0 aromatic heterocycles.